The van der Waals surface area contributed by atoms with E-state index in [0.717, 1.165) is 24.3 Å². The number of rotatable bonds is 4. The van der Waals surface area contributed by atoms with E-state index in [2.05, 4.69) is 15.2 Å². The van der Waals surface area contributed by atoms with Crippen molar-refractivity contribution < 1.29 is 17.9 Å². The average Bonchev–Trinajstić information content (AvgIpc) is 2.57. The normalized spacial score (nSPS) is 24.7. The monoisotopic (exact) mass is 498 g/mol. The Morgan fingerprint density at radius 1 is 1.26 bits per heavy atom. The second-order valence-electron chi connectivity index (χ2n) is 7.00. The molecular formula is C18H26F3IN4O. The number of piperidine rings is 1. The smallest absolute Gasteiger partial charge is 0.391 e. The van der Waals surface area contributed by atoms with Crippen LogP contribution < -0.4 is 15.8 Å². The van der Waals surface area contributed by atoms with Crippen LogP contribution in [0.1, 0.15) is 25.7 Å². The van der Waals surface area contributed by atoms with Gasteiger partial charge in [0.2, 0.25) is 0 Å². The minimum absolute atomic E-state index is 0. The van der Waals surface area contributed by atoms with Gasteiger partial charge in [0.1, 0.15) is 5.75 Å². The molecule has 0 amide bonds. The molecule has 1 saturated carbocycles. The van der Waals surface area contributed by atoms with E-state index in [0.29, 0.717) is 25.1 Å². The number of nitrogens with one attached hydrogen (secondary N) is 1. The summed E-state index contributed by atoms with van der Waals surface area (Å²) in [4.78, 5) is 6.63. The molecular weight excluding hydrogens is 472 g/mol. The summed E-state index contributed by atoms with van der Waals surface area (Å²) in [6.07, 6.45) is -1.96. The van der Waals surface area contributed by atoms with Gasteiger partial charge in [0.05, 0.1) is 19.1 Å². The van der Waals surface area contributed by atoms with Crippen molar-refractivity contribution in [2.45, 2.75) is 43.9 Å². The number of nitrogens with two attached hydrogens (primary N) is 1. The molecule has 1 aliphatic heterocycles. The van der Waals surface area contributed by atoms with E-state index in [1.54, 1.807) is 7.11 Å². The average molecular weight is 498 g/mol. The maximum atomic E-state index is 12.7. The Labute approximate surface area is 174 Å². The van der Waals surface area contributed by atoms with Crippen LogP contribution >= 0.6 is 24.0 Å². The third kappa shape index (κ3) is 5.87. The highest BCUT2D eigenvalue weighted by Gasteiger charge is 2.43. The van der Waals surface area contributed by atoms with Gasteiger partial charge >= 0.3 is 6.18 Å². The number of aliphatic imine (C=N–C) groups is 1. The van der Waals surface area contributed by atoms with Gasteiger partial charge in [-0.2, -0.15) is 13.2 Å². The van der Waals surface area contributed by atoms with Gasteiger partial charge in [-0.1, -0.05) is 6.07 Å². The Morgan fingerprint density at radius 2 is 1.93 bits per heavy atom. The first-order valence-electron chi connectivity index (χ1n) is 8.90. The van der Waals surface area contributed by atoms with Crippen molar-refractivity contribution in [2.75, 3.05) is 25.5 Å². The van der Waals surface area contributed by atoms with E-state index in [4.69, 9.17) is 10.5 Å². The molecule has 1 saturated heterocycles. The standard InChI is InChI=1S/C18H25F3N4O.HI/c1-26-16-4-2-3-13(11-16)23-17(22)24-14-9-15(10-14)25-7-5-12(6-8-25)18(19,20)21;/h2-4,11-12,14-15H,5-10H2,1H3,(H3,22,23,24);1H. The van der Waals surface area contributed by atoms with Gasteiger partial charge in [-0.25, -0.2) is 4.99 Å². The lowest BCUT2D eigenvalue weighted by Gasteiger charge is -2.44. The van der Waals surface area contributed by atoms with Gasteiger partial charge in [-0.05, 0) is 50.9 Å². The lowest BCUT2D eigenvalue weighted by Crippen LogP contribution is -2.51. The second-order valence-corrected chi connectivity index (χ2v) is 7.00. The van der Waals surface area contributed by atoms with Crippen LogP contribution in [-0.4, -0.2) is 49.3 Å². The molecule has 2 fully saturated rings. The number of anilines is 1. The van der Waals surface area contributed by atoms with Gasteiger partial charge < -0.3 is 20.7 Å². The maximum Gasteiger partial charge on any atom is 0.391 e. The molecule has 27 heavy (non-hydrogen) atoms. The maximum absolute atomic E-state index is 12.7. The van der Waals surface area contributed by atoms with Crippen LogP contribution in [0.2, 0.25) is 0 Å². The molecule has 1 aromatic rings. The molecule has 0 radical (unpaired) electrons. The summed E-state index contributed by atoms with van der Waals surface area (Å²) in [6.45, 7) is 1.03. The number of hydrogen-bond acceptors (Lipinski definition) is 3. The van der Waals surface area contributed by atoms with Crippen molar-refractivity contribution in [3.05, 3.63) is 24.3 Å². The Balaban J connectivity index is 0.00000261. The molecule has 1 aliphatic carbocycles. The predicted molar refractivity (Wildman–Crippen MR) is 111 cm³/mol. The van der Waals surface area contributed by atoms with E-state index in [-0.39, 0.29) is 42.9 Å². The Morgan fingerprint density at radius 3 is 2.52 bits per heavy atom. The van der Waals surface area contributed by atoms with Gasteiger partial charge in [0.25, 0.3) is 0 Å². The van der Waals surface area contributed by atoms with Crippen molar-refractivity contribution in [1.29, 1.82) is 0 Å². The van der Waals surface area contributed by atoms with Crippen molar-refractivity contribution in [2.24, 2.45) is 16.6 Å². The number of methoxy groups -OCH3 is 1. The largest absolute Gasteiger partial charge is 0.497 e. The number of likely N-dealkylation sites (tertiary alicyclic amines) is 1. The highest BCUT2D eigenvalue weighted by atomic mass is 127. The Hall–Kier alpha value is -1.23. The second kappa shape index (κ2) is 9.31. The summed E-state index contributed by atoms with van der Waals surface area (Å²) in [5.41, 5.74) is 6.76. The third-order valence-electron chi connectivity index (χ3n) is 5.26. The van der Waals surface area contributed by atoms with Crippen LogP contribution in [-0.2, 0) is 0 Å². The number of alkyl halides is 3. The highest BCUT2D eigenvalue weighted by molar-refractivity contribution is 14.0. The summed E-state index contributed by atoms with van der Waals surface area (Å²) in [6, 6.07) is 7.85. The number of ether oxygens (including phenoxy) is 1. The topological polar surface area (TPSA) is 62.9 Å². The fraction of sp³-hybridized carbons (Fsp3) is 0.611. The van der Waals surface area contributed by atoms with Crippen molar-refractivity contribution in [1.82, 2.24) is 4.90 Å². The van der Waals surface area contributed by atoms with Crippen molar-refractivity contribution in [3.63, 3.8) is 0 Å². The molecule has 0 bridgehead atoms. The molecule has 2 aliphatic rings. The van der Waals surface area contributed by atoms with E-state index >= 15 is 0 Å². The van der Waals surface area contributed by atoms with Crippen LogP contribution in [0.3, 0.4) is 0 Å². The number of guanidine groups is 1. The van der Waals surface area contributed by atoms with E-state index in [1.807, 2.05) is 24.3 Å². The molecule has 3 rings (SSSR count). The van der Waals surface area contributed by atoms with Gasteiger partial charge in [0.15, 0.2) is 5.96 Å². The van der Waals surface area contributed by atoms with Crippen LogP contribution in [0.15, 0.2) is 29.3 Å². The molecule has 0 atom stereocenters. The number of hydrogen-bond donors (Lipinski definition) is 2. The van der Waals surface area contributed by atoms with Crippen LogP contribution in [0.5, 0.6) is 5.75 Å². The predicted octanol–water partition coefficient (Wildman–Crippen LogP) is 3.85. The van der Waals surface area contributed by atoms with Gasteiger partial charge in [-0.15, -0.1) is 24.0 Å². The minimum Gasteiger partial charge on any atom is -0.497 e. The molecule has 5 nitrogen and oxygen atoms in total. The van der Waals surface area contributed by atoms with Crippen LogP contribution in [0, 0.1) is 5.92 Å². The first kappa shape index (κ1) is 22.1. The van der Waals surface area contributed by atoms with Crippen LogP contribution in [0.25, 0.3) is 0 Å². The number of nitrogens with zero attached hydrogens (tertiary/aromatic N) is 2. The summed E-state index contributed by atoms with van der Waals surface area (Å²) in [5, 5.41) is 3.04. The lowest BCUT2D eigenvalue weighted by molar-refractivity contribution is -0.187. The highest BCUT2D eigenvalue weighted by Crippen LogP contribution is 2.37. The van der Waals surface area contributed by atoms with E-state index in [9.17, 15) is 13.2 Å². The third-order valence-corrected chi connectivity index (χ3v) is 5.26. The molecule has 1 heterocycles. The van der Waals surface area contributed by atoms with E-state index in [1.165, 1.54) is 0 Å². The van der Waals surface area contributed by atoms with E-state index < -0.39 is 12.1 Å². The molecule has 0 unspecified atom stereocenters. The fourth-order valence-corrected chi connectivity index (χ4v) is 3.63. The SMILES string of the molecule is COc1cccc(NC(N)=NC2CC(N3CCC(C(F)(F)F)CC3)C2)c1.I. The molecule has 3 N–H and O–H groups in total. The molecule has 0 spiro atoms. The summed E-state index contributed by atoms with van der Waals surface area (Å²) >= 11 is 0. The van der Waals surface area contributed by atoms with Gasteiger partial charge in [0, 0.05) is 17.8 Å². The fourth-order valence-electron chi connectivity index (χ4n) is 3.63. The molecule has 152 valence electrons. The zero-order valence-electron chi connectivity index (χ0n) is 15.2. The van der Waals surface area contributed by atoms with Gasteiger partial charge in [-0.3, -0.25) is 0 Å². The Kier molecular flexibility index (Phi) is 7.61. The van der Waals surface area contributed by atoms with Crippen molar-refractivity contribution >= 4 is 35.6 Å². The quantitative estimate of drug-likeness (QED) is 0.376. The first-order chi connectivity index (χ1) is 12.3. The molecule has 9 heteroatoms. The summed E-state index contributed by atoms with van der Waals surface area (Å²) in [7, 11) is 1.60. The zero-order valence-corrected chi connectivity index (χ0v) is 17.5. The molecule has 1 aromatic carbocycles. The number of benzene rings is 1. The summed E-state index contributed by atoms with van der Waals surface area (Å²) in [5.74, 6) is -0.0680. The van der Waals surface area contributed by atoms with Crippen molar-refractivity contribution in [3.8, 4) is 5.75 Å². The molecule has 0 aromatic heterocycles. The summed E-state index contributed by atoms with van der Waals surface area (Å²) < 4.78 is 43.4. The first-order valence-corrected chi connectivity index (χ1v) is 8.90. The Bertz CT molecular complexity index is 642. The zero-order chi connectivity index (χ0) is 18.7. The number of halogens is 4. The minimum atomic E-state index is -4.06. The van der Waals surface area contributed by atoms with Crippen LogP contribution in [0.4, 0.5) is 18.9 Å². The lowest BCUT2D eigenvalue weighted by atomic mass is 9.83.